The third-order valence-corrected chi connectivity index (χ3v) is 5.67. The van der Waals surface area contributed by atoms with Gasteiger partial charge in [0.25, 0.3) is 0 Å². The molecule has 4 heteroatoms. The van der Waals surface area contributed by atoms with Crippen molar-refractivity contribution in [2.24, 2.45) is 11.8 Å². The molecule has 2 saturated heterocycles. The minimum atomic E-state index is 0.841. The molecule has 0 spiro atoms. The monoisotopic (exact) mass is 345 g/mol. The molecule has 1 aromatic carbocycles. The molecule has 110 valence electrons. The molecule has 2 aliphatic rings. The van der Waals surface area contributed by atoms with E-state index in [1.807, 2.05) is 12.3 Å². The van der Waals surface area contributed by atoms with Crippen LogP contribution in [0.5, 0.6) is 0 Å². The quantitative estimate of drug-likeness (QED) is 0.906. The lowest BCUT2D eigenvalue weighted by molar-refractivity contribution is 0.142. The number of benzene rings is 1. The van der Waals surface area contributed by atoms with Crippen molar-refractivity contribution in [3.05, 3.63) is 40.5 Å². The van der Waals surface area contributed by atoms with E-state index < -0.39 is 0 Å². The molecule has 1 N–H and O–H groups in total. The van der Waals surface area contributed by atoms with Crippen LogP contribution in [0.4, 0.5) is 0 Å². The second kappa shape index (κ2) is 5.67. The van der Waals surface area contributed by atoms with Gasteiger partial charge >= 0.3 is 0 Å². The zero-order valence-electron chi connectivity index (χ0n) is 12.1. The van der Waals surface area contributed by atoms with Gasteiger partial charge in [-0.25, -0.2) is 0 Å². The summed E-state index contributed by atoms with van der Waals surface area (Å²) < 4.78 is 1.13. The largest absolute Gasteiger partial charge is 0.316 e. The van der Waals surface area contributed by atoms with Gasteiger partial charge < -0.3 is 5.32 Å². The molecule has 2 fully saturated rings. The molecule has 2 aliphatic heterocycles. The third kappa shape index (κ3) is 2.60. The molecular weight excluding hydrogens is 326 g/mol. The van der Waals surface area contributed by atoms with E-state index in [0.29, 0.717) is 0 Å². The fourth-order valence-electron chi connectivity index (χ4n) is 3.82. The Labute approximate surface area is 133 Å². The number of hydrogen-bond donors (Lipinski definition) is 1. The van der Waals surface area contributed by atoms with Crippen LogP contribution in [0.2, 0.25) is 0 Å². The Morgan fingerprint density at radius 2 is 2.14 bits per heavy atom. The minimum Gasteiger partial charge on any atom is -0.316 e. The second-order valence-corrected chi connectivity index (χ2v) is 7.16. The number of pyridine rings is 1. The average molecular weight is 346 g/mol. The van der Waals surface area contributed by atoms with Crippen LogP contribution in [0, 0.1) is 11.8 Å². The predicted molar refractivity (Wildman–Crippen MR) is 89.2 cm³/mol. The molecule has 2 atom stereocenters. The lowest BCUT2D eigenvalue weighted by atomic mass is 9.88. The van der Waals surface area contributed by atoms with Crippen molar-refractivity contribution < 1.29 is 0 Å². The van der Waals surface area contributed by atoms with Gasteiger partial charge in [0, 0.05) is 29.1 Å². The van der Waals surface area contributed by atoms with Gasteiger partial charge in [-0.3, -0.25) is 9.88 Å². The molecule has 0 bridgehead atoms. The summed E-state index contributed by atoms with van der Waals surface area (Å²) in [6.07, 6.45) is 3.23. The molecule has 3 nitrogen and oxygen atoms in total. The fourth-order valence-corrected chi connectivity index (χ4v) is 4.27. The van der Waals surface area contributed by atoms with Crippen LogP contribution in [-0.2, 0) is 6.54 Å². The Bertz CT molecular complexity index is 658. The minimum absolute atomic E-state index is 0.841. The van der Waals surface area contributed by atoms with Crippen LogP contribution in [0.3, 0.4) is 0 Å². The zero-order valence-corrected chi connectivity index (χ0v) is 13.6. The molecule has 2 unspecified atom stereocenters. The molecule has 3 heterocycles. The van der Waals surface area contributed by atoms with E-state index in [-0.39, 0.29) is 0 Å². The first kappa shape index (κ1) is 13.7. The van der Waals surface area contributed by atoms with Crippen molar-refractivity contribution in [3.63, 3.8) is 0 Å². The highest BCUT2D eigenvalue weighted by Gasteiger charge is 2.32. The Balaban J connectivity index is 1.58. The zero-order chi connectivity index (χ0) is 14.2. The normalized spacial score (nSPS) is 26.1. The molecule has 0 aliphatic carbocycles. The maximum absolute atomic E-state index is 4.60. The number of halogens is 1. The molecule has 0 radical (unpaired) electrons. The molecule has 2 aromatic rings. The van der Waals surface area contributed by atoms with E-state index in [1.54, 1.807) is 0 Å². The van der Waals surface area contributed by atoms with Crippen LogP contribution in [0.1, 0.15) is 12.0 Å². The van der Waals surface area contributed by atoms with Crippen LogP contribution in [0.25, 0.3) is 10.9 Å². The van der Waals surface area contributed by atoms with Gasteiger partial charge in [-0.2, -0.15) is 0 Å². The first-order valence-electron chi connectivity index (χ1n) is 7.76. The number of likely N-dealkylation sites (tertiary alicyclic amines) is 1. The van der Waals surface area contributed by atoms with Gasteiger partial charge in [-0.05, 0) is 55.6 Å². The number of aromatic nitrogens is 1. The average Bonchev–Trinajstić information content (AvgIpc) is 2.98. The van der Waals surface area contributed by atoms with Crippen molar-refractivity contribution in [3.8, 4) is 0 Å². The number of piperidine rings is 1. The maximum atomic E-state index is 4.60. The Morgan fingerprint density at radius 3 is 3.10 bits per heavy atom. The third-order valence-electron chi connectivity index (χ3n) is 4.98. The standard InChI is InChI=1S/C17H20BrN3/c18-16-4-3-13(17-15(16)2-1-6-20-17)10-21-7-5-12-8-19-9-14(12)11-21/h1-4,6,12,14,19H,5,7-11H2. The lowest BCUT2D eigenvalue weighted by Gasteiger charge is -2.34. The summed E-state index contributed by atoms with van der Waals surface area (Å²) in [5.74, 6) is 1.74. The summed E-state index contributed by atoms with van der Waals surface area (Å²) in [6, 6.07) is 8.53. The first-order valence-corrected chi connectivity index (χ1v) is 8.56. The van der Waals surface area contributed by atoms with Crippen LogP contribution in [-0.4, -0.2) is 36.1 Å². The van der Waals surface area contributed by atoms with Gasteiger partial charge in [-0.15, -0.1) is 0 Å². The highest BCUT2D eigenvalue weighted by Crippen LogP contribution is 2.30. The van der Waals surface area contributed by atoms with Crippen molar-refractivity contribution >= 4 is 26.8 Å². The van der Waals surface area contributed by atoms with Crippen LogP contribution < -0.4 is 5.32 Å². The van der Waals surface area contributed by atoms with Gasteiger partial charge in [-0.1, -0.05) is 28.1 Å². The SMILES string of the molecule is Brc1ccc(CN2CCC3CNCC3C2)c2ncccc12. The van der Waals surface area contributed by atoms with Gasteiger partial charge in [0.1, 0.15) is 0 Å². The summed E-state index contributed by atoms with van der Waals surface area (Å²) in [7, 11) is 0. The van der Waals surface area contributed by atoms with E-state index in [2.05, 4.69) is 49.3 Å². The number of nitrogens with one attached hydrogen (secondary N) is 1. The van der Waals surface area contributed by atoms with Gasteiger partial charge in [0.2, 0.25) is 0 Å². The van der Waals surface area contributed by atoms with Crippen molar-refractivity contribution in [2.45, 2.75) is 13.0 Å². The highest BCUT2D eigenvalue weighted by atomic mass is 79.9. The highest BCUT2D eigenvalue weighted by molar-refractivity contribution is 9.10. The Morgan fingerprint density at radius 1 is 1.24 bits per heavy atom. The fraction of sp³-hybridized carbons (Fsp3) is 0.471. The summed E-state index contributed by atoms with van der Waals surface area (Å²) in [6.45, 7) is 5.88. The number of hydrogen-bond acceptors (Lipinski definition) is 3. The van der Waals surface area contributed by atoms with Gasteiger partial charge in [0.15, 0.2) is 0 Å². The summed E-state index contributed by atoms with van der Waals surface area (Å²) in [5, 5.41) is 4.76. The van der Waals surface area contributed by atoms with E-state index in [9.17, 15) is 0 Å². The summed E-state index contributed by atoms with van der Waals surface area (Å²) in [5.41, 5.74) is 2.48. The molecule has 0 amide bonds. The van der Waals surface area contributed by atoms with Crippen molar-refractivity contribution in [1.29, 1.82) is 0 Å². The van der Waals surface area contributed by atoms with Crippen LogP contribution in [0.15, 0.2) is 34.9 Å². The van der Waals surface area contributed by atoms with E-state index in [4.69, 9.17) is 0 Å². The van der Waals surface area contributed by atoms with E-state index in [0.717, 1.165) is 28.4 Å². The van der Waals surface area contributed by atoms with Crippen molar-refractivity contribution in [2.75, 3.05) is 26.2 Å². The predicted octanol–water partition coefficient (Wildman–Crippen LogP) is 3.04. The Hall–Kier alpha value is -0.970. The lowest BCUT2D eigenvalue weighted by Crippen LogP contribution is -2.39. The number of fused-ring (bicyclic) bond motifs is 2. The maximum Gasteiger partial charge on any atom is 0.0758 e. The summed E-state index contributed by atoms with van der Waals surface area (Å²) in [4.78, 5) is 7.21. The van der Waals surface area contributed by atoms with Gasteiger partial charge in [0.05, 0.1) is 5.52 Å². The Kier molecular flexibility index (Phi) is 3.69. The second-order valence-electron chi connectivity index (χ2n) is 6.31. The van der Waals surface area contributed by atoms with Crippen LogP contribution >= 0.6 is 15.9 Å². The van der Waals surface area contributed by atoms with Crippen molar-refractivity contribution in [1.82, 2.24) is 15.2 Å². The number of nitrogens with zero attached hydrogens (tertiary/aromatic N) is 2. The molecular formula is C17H20BrN3. The molecule has 0 saturated carbocycles. The molecule has 21 heavy (non-hydrogen) atoms. The number of rotatable bonds is 2. The first-order chi connectivity index (χ1) is 10.3. The van der Waals surface area contributed by atoms with E-state index >= 15 is 0 Å². The topological polar surface area (TPSA) is 28.2 Å². The molecule has 1 aromatic heterocycles. The van der Waals surface area contributed by atoms with E-state index in [1.165, 1.54) is 43.5 Å². The molecule has 4 rings (SSSR count). The smallest absolute Gasteiger partial charge is 0.0758 e. The summed E-state index contributed by atoms with van der Waals surface area (Å²) >= 11 is 3.63.